The highest BCUT2D eigenvalue weighted by atomic mass is 32.2. The average molecular weight is 558 g/mol. The lowest BCUT2D eigenvalue weighted by Crippen LogP contribution is -2.21. The maximum absolute atomic E-state index is 11.7. The zero-order valence-electron chi connectivity index (χ0n) is 24.4. The van der Waals surface area contributed by atoms with Gasteiger partial charge in [-0.2, -0.15) is 24.4 Å². The molecule has 37 heavy (non-hydrogen) atoms. The Morgan fingerprint density at radius 2 is 1.32 bits per heavy atom. The van der Waals surface area contributed by atoms with E-state index in [9.17, 15) is 9.59 Å². The highest BCUT2D eigenvalue weighted by Crippen LogP contribution is 2.13. The summed E-state index contributed by atoms with van der Waals surface area (Å²) in [5.74, 6) is 2.48. The third-order valence-electron chi connectivity index (χ3n) is 5.85. The van der Waals surface area contributed by atoms with Gasteiger partial charge in [-0.05, 0) is 13.3 Å². The van der Waals surface area contributed by atoms with Crippen LogP contribution in [0.5, 0.6) is 0 Å². The number of amides is 1. The molecule has 0 radical (unpaired) electrons. The first kappa shape index (κ1) is 38.3. The summed E-state index contributed by atoms with van der Waals surface area (Å²) in [6.45, 7) is 7.05. The summed E-state index contributed by atoms with van der Waals surface area (Å²) in [5, 5.41) is 2.58. The standard InChI is InChI=1S/C27H50O2S.C4H9NOS/c1-3-5-7-9-10-11-12-13-14-15-16-17-18-19-20-21-24-29-27(28)23-26-30-25-22-8-6-4-2;1-4(6)5-2-3-7/h4,6,8,22H,3,5,7,9-21,23-26H2,1-2H3;7H,2-3H2,1H3,(H,5,6)/b6-4+,22-8+;. The molecule has 0 rings (SSSR count). The number of hydrogen-bond acceptors (Lipinski definition) is 5. The van der Waals surface area contributed by atoms with Crippen molar-refractivity contribution in [3.8, 4) is 0 Å². The van der Waals surface area contributed by atoms with Crippen LogP contribution in [-0.4, -0.2) is 42.3 Å². The Kier molecular flexibility index (Phi) is 36.3. The number of thioether (sulfide) groups is 1. The molecule has 0 saturated heterocycles. The van der Waals surface area contributed by atoms with Crippen LogP contribution >= 0.6 is 24.4 Å². The lowest BCUT2D eigenvalue weighted by molar-refractivity contribution is -0.143. The Morgan fingerprint density at radius 3 is 1.76 bits per heavy atom. The predicted octanol–water partition coefficient (Wildman–Crippen LogP) is 9.10. The average Bonchev–Trinajstić information content (AvgIpc) is 2.89. The van der Waals surface area contributed by atoms with E-state index in [1.54, 1.807) is 11.8 Å². The number of thiol groups is 1. The molecule has 1 N–H and O–H groups in total. The molecular weight excluding hydrogens is 498 g/mol. The largest absolute Gasteiger partial charge is 0.466 e. The van der Waals surface area contributed by atoms with Gasteiger partial charge in [0.05, 0.1) is 13.0 Å². The minimum Gasteiger partial charge on any atom is -0.466 e. The molecule has 218 valence electrons. The van der Waals surface area contributed by atoms with Gasteiger partial charge in [0, 0.05) is 30.7 Å². The minimum absolute atomic E-state index is 0.00838. The molecule has 0 fully saturated rings. The van der Waals surface area contributed by atoms with Crippen molar-refractivity contribution in [1.29, 1.82) is 0 Å². The van der Waals surface area contributed by atoms with Crippen LogP contribution in [0.4, 0.5) is 0 Å². The maximum Gasteiger partial charge on any atom is 0.306 e. The summed E-state index contributed by atoms with van der Waals surface area (Å²) in [6, 6.07) is 0. The zero-order valence-corrected chi connectivity index (χ0v) is 26.2. The number of allylic oxidation sites excluding steroid dienone is 3. The monoisotopic (exact) mass is 557 g/mol. The Balaban J connectivity index is 0. The highest BCUT2D eigenvalue weighted by molar-refractivity contribution is 7.99. The van der Waals surface area contributed by atoms with Crippen LogP contribution in [-0.2, 0) is 14.3 Å². The van der Waals surface area contributed by atoms with Crippen LogP contribution in [0.1, 0.15) is 130 Å². The van der Waals surface area contributed by atoms with E-state index in [4.69, 9.17) is 4.74 Å². The van der Waals surface area contributed by atoms with E-state index in [2.05, 4.69) is 30.9 Å². The second-order valence-corrected chi connectivity index (χ2v) is 11.1. The molecule has 1 amide bonds. The van der Waals surface area contributed by atoms with Crippen molar-refractivity contribution in [3.63, 3.8) is 0 Å². The molecule has 0 spiro atoms. The molecule has 6 heteroatoms. The van der Waals surface area contributed by atoms with Crippen molar-refractivity contribution >= 4 is 36.3 Å². The van der Waals surface area contributed by atoms with E-state index >= 15 is 0 Å². The van der Waals surface area contributed by atoms with Gasteiger partial charge in [0.15, 0.2) is 0 Å². The van der Waals surface area contributed by atoms with Crippen LogP contribution in [0.15, 0.2) is 24.3 Å². The Morgan fingerprint density at radius 1 is 0.811 bits per heavy atom. The van der Waals surface area contributed by atoms with Gasteiger partial charge in [0.1, 0.15) is 0 Å². The Hall–Kier alpha value is -0.880. The van der Waals surface area contributed by atoms with Crippen LogP contribution in [0.2, 0.25) is 0 Å². The fraction of sp³-hybridized carbons (Fsp3) is 0.806. The fourth-order valence-electron chi connectivity index (χ4n) is 3.69. The van der Waals surface area contributed by atoms with Crippen LogP contribution < -0.4 is 5.32 Å². The van der Waals surface area contributed by atoms with Crippen molar-refractivity contribution in [2.45, 2.75) is 130 Å². The quantitative estimate of drug-likeness (QED) is 0.0509. The Labute approximate surface area is 240 Å². The lowest BCUT2D eigenvalue weighted by Gasteiger charge is -2.05. The number of carbonyl (C=O) groups excluding carboxylic acids is 2. The lowest BCUT2D eigenvalue weighted by atomic mass is 10.0. The van der Waals surface area contributed by atoms with E-state index in [0.717, 1.165) is 17.9 Å². The fourth-order valence-corrected chi connectivity index (χ4v) is 4.53. The normalized spacial score (nSPS) is 11.0. The van der Waals surface area contributed by atoms with Crippen molar-refractivity contribution in [2.24, 2.45) is 0 Å². The molecule has 0 unspecified atom stereocenters. The van der Waals surface area contributed by atoms with Gasteiger partial charge in [0.25, 0.3) is 0 Å². The summed E-state index contributed by atoms with van der Waals surface area (Å²) in [4.78, 5) is 21.7. The van der Waals surface area contributed by atoms with Crippen LogP contribution in [0.3, 0.4) is 0 Å². The van der Waals surface area contributed by atoms with E-state index in [-0.39, 0.29) is 11.9 Å². The first-order chi connectivity index (χ1) is 18.1. The minimum atomic E-state index is -0.0408. The summed E-state index contributed by atoms with van der Waals surface area (Å²) >= 11 is 5.66. The van der Waals surface area contributed by atoms with Gasteiger partial charge in [0.2, 0.25) is 5.91 Å². The van der Waals surface area contributed by atoms with Gasteiger partial charge in [-0.3, -0.25) is 9.59 Å². The molecule has 0 aliphatic heterocycles. The number of ether oxygens (including phenoxy) is 1. The molecule has 0 aromatic heterocycles. The van der Waals surface area contributed by atoms with E-state index in [1.807, 2.05) is 25.2 Å². The number of nitrogens with one attached hydrogen (secondary N) is 1. The third-order valence-corrected chi connectivity index (χ3v) is 7.00. The molecule has 0 aromatic carbocycles. The molecule has 0 atom stereocenters. The zero-order chi connectivity index (χ0) is 27.7. The molecule has 0 aliphatic carbocycles. The maximum atomic E-state index is 11.7. The number of unbranched alkanes of at least 4 members (excludes halogenated alkanes) is 15. The Bertz CT molecular complexity index is 539. The molecule has 0 aromatic rings. The number of carbonyl (C=O) groups is 2. The molecule has 0 bridgehead atoms. The number of esters is 1. The smallest absolute Gasteiger partial charge is 0.306 e. The first-order valence-corrected chi connectivity index (χ1v) is 16.7. The molecule has 0 aliphatic rings. The van der Waals surface area contributed by atoms with Gasteiger partial charge < -0.3 is 10.1 Å². The predicted molar refractivity (Wildman–Crippen MR) is 169 cm³/mol. The second-order valence-electron chi connectivity index (χ2n) is 9.51. The summed E-state index contributed by atoms with van der Waals surface area (Å²) < 4.78 is 5.32. The summed E-state index contributed by atoms with van der Waals surface area (Å²) in [6.07, 6.45) is 30.6. The third kappa shape index (κ3) is 39.8. The van der Waals surface area contributed by atoms with Crippen LogP contribution in [0, 0.1) is 0 Å². The van der Waals surface area contributed by atoms with E-state index < -0.39 is 0 Å². The van der Waals surface area contributed by atoms with Crippen molar-refractivity contribution in [2.75, 3.05) is 30.4 Å². The summed E-state index contributed by atoms with van der Waals surface area (Å²) in [7, 11) is 0. The number of rotatable bonds is 25. The van der Waals surface area contributed by atoms with E-state index in [0.29, 0.717) is 25.3 Å². The highest BCUT2D eigenvalue weighted by Gasteiger charge is 2.02. The molecule has 4 nitrogen and oxygen atoms in total. The van der Waals surface area contributed by atoms with Gasteiger partial charge in [-0.15, -0.1) is 0 Å². The van der Waals surface area contributed by atoms with E-state index in [1.165, 1.54) is 103 Å². The second kappa shape index (κ2) is 35.1. The topological polar surface area (TPSA) is 55.4 Å². The number of hydrogen-bond donors (Lipinski definition) is 2. The SMILES string of the molecule is C/C=C/C=C/CSCCC(=O)OCCCCCCCCCCCCCCCCCC.CC(=O)NCCS. The van der Waals surface area contributed by atoms with Crippen molar-refractivity contribution in [3.05, 3.63) is 24.3 Å². The van der Waals surface area contributed by atoms with Gasteiger partial charge in [-0.25, -0.2) is 0 Å². The summed E-state index contributed by atoms with van der Waals surface area (Å²) in [5.41, 5.74) is 0. The van der Waals surface area contributed by atoms with Crippen molar-refractivity contribution < 1.29 is 14.3 Å². The van der Waals surface area contributed by atoms with Crippen LogP contribution in [0.25, 0.3) is 0 Å². The first-order valence-electron chi connectivity index (χ1n) is 14.9. The van der Waals surface area contributed by atoms with Gasteiger partial charge >= 0.3 is 5.97 Å². The molecule has 0 heterocycles. The molecule has 0 saturated carbocycles. The van der Waals surface area contributed by atoms with Gasteiger partial charge in [-0.1, -0.05) is 128 Å². The molecular formula is C31H59NO3S2. The van der Waals surface area contributed by atoms with Crippen molar-refractivity contribution in [1.82, 2.24) is 5.32 Å².